The summed E-state index contributed by atoms with van der Waals surface area (Å²) in [6, 6.07) is 16.5. The molecule has 0 heterocycles. The molecule has 19 heavy (non-hydrogen) atoms. The highest BCUT2D eigenvalue weighted by Crippen LogP contribution is 2.28. The van der Waals surface area contributed by atoms with Crippen molar-refractivity contribution < 1.29 is 4.74 Å². The Morgan fingerprint density at radius 3 is 2.53 bits per heavy atom. The number of nitrogens with two attached hydrogens (primary N) is 1. The van der Waals surface area contributed by atoms with Gasteiger partial charge in [-0.25, -0.2) is 0 Å². The number of nitriles is 1. The summed E-state index contributed by atoms with van der Waals surface area (Å²) in [6.45, 7) is 0.281. The number of para-hydroxylation sites is 1. The van der Waals surface area contributed by atoms with Gasteiger partial charge in [-0.15, -0.1) is 0 Å². The summed E-state index contributed by atoms with van der Waals surface area (Å²) >= 11 is 6.14. The van der Waals surface area contributed by atoms with Crippen LogP contribution in [0.15, 0.2) is 48.5 Å². The highest BCUT2D eigenvalue weighted by Gasteiger charge is 2.16. The smallest absolute Gasteiger partial charge is 0.138 e. The fourth-order valence-corrected chi connectivity index (χ4v) is 2.05. The molecule has 0 fully saturated rings. The lowest BCUT2D eigenvalue weighted by Crippen LogP contribution is -2.19. The molecule has 0 aliphatic heterocycles. The summed E-state index contributed by atoms with van der Waals surface area (Å²) < 4.78 is 5.82. The quantitative estimate of drug-likeness (QED) is 0.929. The van der Waals surface area contributed by atoms with Gasteiger partial charge in [0.2, 0.25) is 0 Å². The van der Waals surface area contributed by atoms with Crippen LogP contribution in [0.4, 0.5) is 0 Å². The first kappa shape index (κ1) is 13.4. The fourth-order valence-electron chi connectivity index (χ4n) is 1.79. The summed E-state index contributed by atoms with van der Waals surface area (Å²) in [6.07, 6.45) is -0.372. The van der Waals surface area contributed by atoms with E-state index in [0.29, 0.717) is 16.3 Å². The molecular weight excluding hydrogens is 260 g/mol. The first-order chi connectivity index (χ1) is 9.26. The molecule has 4 heteroatoms. The minimum atomic E-state index is -0.372. The number of rotatable bonds is 4. The van der Waals surface area contributed by atoms with Crippen molar-refractivity contribution in [3.63, 3.8) is 0 Å². The Morgan fingerprint density at radius 1 is 1.16 bits per heavy atom. The highest BCUT2D eigenvalue weighted by atomic mass is 35.5. The molecule has 0 saturated heterocycles. The number of hydrogen-bond donors (Lipinski definition) is 1. The van der Waals surface area contributed by atoms with Crippen LogP contribution in [0, 0.1) is 11.3 Å². The fraction of sp³-hybridized carbons (Fsp3) is 0.133. The Bertz CT molecular complexity index is 607. The Kier molecular flexibility index (Phi) is 4.40. The van der Waals surface area contributed by atoms with Crippen LogP contribution in [-0.4, -0.2) is 6.54 Å². The molecule has 3 nitrogen and oxygen atoms in total. The van der Waals surface area contributed by atoms with Crippen LogP contribution in [0.2, 0.25) is 5.02 Å². The Balaban J connectivity index is 2.30. The average molecular weight is 273 g/mol. The lowest BCUT2D eigenvalue weighted by atomic mass is 10.1. The van der Waals surface area contributed by atoms with E-state index in [-0.39, 0.29) is 12.6 Å². The zero-order valence-corrected chi connectivity index (χ0v) is 11.0. The molecule has 0 aliphatic carbocycles. The van der Waals surface area contributed by atoms with Crippen molar-refractivity contribution in [3.05, 3.63) is 64.7 Å². The maximum absolute atomic E-state index is 9.04. The molecule has 0 radical (unpaired) electrons. The number of halogens is 1. The first-order valence-corrected chi connectivity index (χ1v) is 6.24. The lowest BCUT2D eigenvalue weighted by molar-refractivity contribution is 0.213. The molecular formula is C15H13ClN2O. The third-order valence-electron chi connectivity index (χ3n) is 2.74. The number of nitrogens with zero attached hydrogens (tertiary/aromatic N) is 1. The second kappa shape index (κ2) is 6.24. The average Bonchev–Trinajstić information content (AvgIpc) is 2.46. The SMILES string of the molecule is N#Cc1ccccc1OC(CN)c1ccccc1Cl. The highest BCUT2D eigenvalue weighted by molar-refractivity contribution is 6.31. The maximum atomic E-state index is 9.04. The van der Waals surface area contributed by atoms with Crippen LogP contribution in [0.1, 0.15) is 17.2 Å². The second-order valence-electron chi connectivity index (χ2n) is 3.97. The predicted molar refractivity (Wildman–Crippen MR) is 75.0 cm³/mol. The van der Waals surface area contributed by atoms with E-state index >= 15 is 0 Å². The molecule has 2 N–H and O–H groups in total. The molecule has 0 aliphatic rings. The Morgan fingerprint density at radius 2 is 1.84 bits per heavy atom. The van der Waals surface area contributed by atoms with Crippen LogP contribution in [0.3, 0.4) is 0 Å². The van der Waals surface area contributed by atoms with Gasteiger partial charge >= 0.3 is 0 Å². The van der Waals surface area contributed by atoms with E-state index in [1.54, 1.807) is 24.3 Å². The van der Waals surface area contributed by atoms with Crippen molar-refractivity contribution in [1.29, 1.82) is 5.26 Å². The summed E-state index contributed by atoms with van der Waals surface area (Å²) in [5, 5.41) is 9.65. The topological polar surface area (TPSA) is 59.0 Å². The third kappa shape index (κ3) is 3.05. The van der Waals surface area contributed by atoms with E-state index in [9.17, 15) is 0 Å². The molecule has 2 aromatic carbocycles. The molecule has 0 bridgehead atoms. The van der Waals surface area contributed by atoms with Crippen LogP contribution in [0.25, 0.3) is 0 Å². The largest absolute Gasteiger partial charge is 0.483 e. The van der Waals surface area contributed by atoms with Gasteiger partial charge in [-0.2, -0.15) is 5.26 Å². The van der Waals surface area contributed by atoms with Crippen molar-refractivity contribution in [2.24, 2.45) is 5.73 Å². The third-order valence-corrected chi connectivity index (χ3v) is 3.09. The van der Waals surface area contributed by atoms with Gasteiger partial charge in [0.1, 0.15) is 17.9 Å². The first-order valence-electron chi connectivity index (χ1n) is 5.86. The van der Waals surface area contributed by atoms with E-state index in [1.807, 2.05) is 24.3 Å². The van der Waals surface area contributed by atoms with Gasteiger partial charge in [-0.05, 0) is 18.2 Å². The minimum absolute atomic E-state index is 0.281. The molecule has 0 spiro atoms. The van der Waals surface area contributed by atoms with E-state index in [0.717, 1.165) is 5.56 Å². The zero-order chi connectivity index (χ0) is 13.7. The van der Waals surface area contributed by atoms with Gasteiger partial charge in [0.05, 0.1) is 5.56 Å². The molecule has 96 valence electrons. The van der Waals surface area contributed by atoms with E-state index in [4.69, 9.17) is 27.3 Å². The molecule has 0 amide bonds. The molecule has 1 unspecified atom stereocenters. The standard InChI is InChI=1S/C15H13ClN2O/c16-13-7-3-2-6-12(13)15(10-18)19-14-8-4-1-5-11(14)9-17/h1-8,15H,10,18H2. The van der Waals surface area contributed by atoms with Gasteiger partial charge < -0.3 is 10.5 Å². The van der Waals surface area contributed by atoms with Crippen LogP contribution < -0.4 is 10.5 Å². The molecule has 2 rings (SSSR count). The van der Waals surface area contributed by atoms with Crippen molar-refractivity contribution >= 4 is 11.6 Å². The summed E-state index contributed by atoms with van der Waals surface area (Å²) in [7, 11) is 0. The lowest BCUT2D eigenvalue weighted by Gasteiger charge is -2.19. The van der Waals surface area contributed by atoms with Gasteiger partial charge in [0.15, 0.2) is 0 Å². The molecule has 2 aromatic rings. The molecule has 1 atom stereocenters. The molecule has 0 saturated carbocycles. The van der Waals surface area contributed by atoms with E-state index in [1.165, 1.54) is 0 Å². The number of ether oxygens (including phenoxy) is 1. The maximum Gasteiger partial charge on any atom is 0.138 e. The van der Waals surface area contributed by atoms with Crippen molar-refractivity contribution in [2.75, 3.05) is 6.54 Å². The zero-order valence-electron chi connectivity index (χ0n) is 10.2. The Labute approximate surface area is 117 Å². The van der Waals surface area contributed by atoms with E-state index in [2.05, 4.69) is 6.07 Å². The summed E-state index contributed by atoms with van der Waals surface area (Å²) in [5.41, 5.74) is 7.05. The minimum Gasteiger partial charge on any atom is -0.483 e. The van der Waals surface area contributed by atoms with Crippen molar-refractivity contribution in [1.82, 2.24) is 0 Å². The van der Waals surface area contributed by atoms with Gasteiger partial charge in [0, 0.05) is 17.1 Å². The monoisotopic (exact) mass is 272 g/mol. The number of benzene rings is 2. The second-order valence-corrected chi connectivity index (χ2v) is 4.38. The van der Waals surface area contributed by atoms with Gasteiger partial charge in [-0.1, -0.05) is 41.9 Å². The summed E-state index contributed by atoms with van der Waals surface area (Å²) in [5.74, 6) is 0.514. The number of hydrogen-bond acceptors (Lipinski definition) is 3. The predicted octanol–water partition coefficient (Wildman–Crippen LogP) is 3.29. The van der Waals surface area contributed by atoms with Crippen LogP contribution >= 0.6 is 11.6 Å². The van der Waals surface area contributed by atoms with Crippen LogP contribution in [-0.2, 0) is 0 Å². The van der Waals surface area contributed by atoms with Crippen LogP contribution in [0.5, 0.6) is 5.75 Å². The van der Waals surface area contributed by atoms with E-state index < -0.39 is 0 Å². The Hall–Kier alpha value is -2.02. The van der Waals surface area contributed by atoms with Crippen molar-refractivity contribution in [2.45, 2.75) is 6.10 Å². The molecule has 0 aromatic heterocycles. The summed E-state index contributed by atoms with van der Waals surface area (Å²) in [4.78, 5) is 0. The normalized spacial score (nSPS) is 11.6. The van der Waals surface area contributed by atoms with Gasteiger partial charge in [-0.3, -0.25) is 0 Å². The van der Waals surface area contributed by atoms with Crippen molar-refractivity contribution in [3.8, 4) is 11.8 Å². The van der Waals surface area contributed by atoms with Gasteiger partial charge in [0.25, 0.3) is 0 Å².